The number of rotatable bonds is 4. The van der Waals surface area contributed by atoms with Gasteiger partial charge in [-0.15, -0.1) is 11.3 Å². The Hall–Kier alpha value is -2.74. The summed E-state index contributed by atoms with van der Waals surface area (Å²) in [5.41, 5.74) is 1.43. The van der Waals surface area contributed by atoms with Crippen LogP contribution in [0.2, 0.25) is 0 Å². The van der Waals surface area contributed by atoms with Crippen molar-refractivity contribution < 1.29 is 19.1 Å². The number of aryl methyl sites for hydroxylation is 1. The number of esters is 1. The molecule has 2 aromatic rings. The number of amides is 3. The summed E-state index contributed by atoms with van der Waals surface area (Å²) >= 11 is 1.20. The molecule has 0 aliphatic heterocycles. The highest BCUT2D eigenvalue weighted by atomic mass is 32.1. The quantitative estimate of drug-likeness (QED) is 0.826. The molecule has 126 valence electrons. The monoisotopic (exact) mass is 347 g/mol. The third-order valence-electron chi connectivity index (χ3n) is 3.12. The van der Waals surface area contributed by atoms with Crippen molar-refractivity contribution >= 4 is 29.2 Å². The molecule has 0 aliphatic carbocycles. The highest BCUT2D eigenvalue weighted by Gasteiger charge is 2.23. The van der Waals surface area contributed by atoms with Crippen LogP contribution in [0.25, 0.3) is 10.6 Å². The van der Waals surface area contributed by atoms with Crippen LogP contribution < -0.4 is 10.6 Å². The van der Waals surface area contributed by atoms with Gasteiger partial charge < -0.3 is 10.1 Å². The number of urea groups is 1. The fourth-order valence-corrected chi connectivity index (χ4v) is 2.79. The predicted molar refractivity (Wildman–Crippen MR) is 89.8 cm³/mol. The SMILES string of the molecule is CNC(=O)NC(=O)[C@H](C)OC(=O)c1sc(-c2ccccc2)nc1C. The molecule has 1 aromatic carbocycles. The Labute approximate surface area is 143 Å². The van der Waals surface area contributed by atoms with Crippen molar-refractivity contribution in [2.75, 3.05) is 7.05 Å². The van der Waals surface area contributed by atoms with E-state index in [2.05, 4.69) is 15.6 Å². The van der Waals surface area contributed by atoms with Crippen molar-refractivity contribution in [3.8, 4) is 10.6 Å². The second-order valence-corrected chi connectivity index (χ2v) is 5.91. The van der Waals surface area contributed by atoms with Crippen LogP contribution in [0.5, 0.6) is 0 Å². The number of benzene rings is 1. The molecular weight excluding hydrogens is 330 g/mol. The van der Waals surface area contributed by atoms with Gasteiger partial charge in [-0.3, -0.25) is 10.1 Å². The first-order valence-electron chi connectivity index (χ1n) is 7.18. The molecule has 2 N–H and O–H groups in total. The Bertz CT molecular complexity index is 758. The minimum absolute atomic E-state index is 0.327. The molecule has 2 rings (SSSR count). The van der Waals surface area contributed by atoms with Gasteiger partial charge in [0.05, 0.1) is 5.69 Å². The molecule has 0 spiro atoms. The predicted octanol–water partition coefficient (Wildman–Crippen LogP) is 2.12. The van der Waals surface area contributed by atoms with E-state index in [-0.39, 0.29) is 0 Å². The summed E-state index contributed by atoms with van der Waals surface area (Å²) in [5.74, 6) is -1.35. The molecule has 0 saturated carbocycles. The summed E-state index contributed by atoms with van der Waals surface area (Å²) in [5, 5.41) is 5.00. The van der Waals surface area contributed by atoms with Gasteiger partial charge >= 0.3 is 12.0 Å². The van der Waals surface area contributed by atoms with Crippen molar-refractivity contribution in [1.82, 2.24) is 15.6 Å². The minimum atomic E-state index is -1.10. The fourth-order valence-electron chi connectivity index (χ4n) is 1.83. The van der Waals surface area contributed by atoms with E-state index in [0.29, 0.717) is 15.6 Å². The molecule has 3 amide bonds. The summed E-state index contributed by atoms with van der Waals surface area (Å²) in [4.78, 5) is 39.8. The first-order valence-corrected chi connectivity index (χ1v) is 8.00. The number of nitrogens with zero attached hydrogens (tertiary/aromatic N) is 1. The normalized spacial score (nSPS) is 11.5. The largest absolute Gasteiger partial charge is 0.448 e. The molecule has 8 heteroatoms. The van der Waals surface area contributed by atoms with Crippen LogP contribution in [0.15, 0.2) is 30.3 Å². The first-order chi connectivity index (χ1) is 11.4. The number of thiazole rings is 1. The molecule has 0 fully saturated rings. The Morgan fingerprint density at radius 1 is 1.21 bits per heavy atom. The van der Waals surface area contributed by atoms with Crippen LogP contribution in [-0.4, -0.2) is 36.0 Å². The Kier molecular flexibility index (Phi) is 5.64. The number of hydrogen-bond acceptors (Lipinski definition) is 6. The maximum atomic E-state index is 12.2. The average Bonchev–Trinajstić information content (AvgIpc) is 2.97. The molecule has 1 aromatic heterocycles. The topological polar surface area (TPSA) is 97.4 Å². The lowest BCUT2D eigenvalue weighted by molar-refractivity contribution is -0.127. The maximum absolute atomic E-state index is 12.2. The van der Waals surface area contributed by atoms with Gasteiger partial charge in [0.25, 0.3) is 5.91 Å². The summed E-state index contributed by atoms with van der Waals surface area (Å²) < 4.78 is 5.11. The second kappa shape index (κ2) is 7.69. The van der Waals surface area contributed by atoms with Crippen LogP contribution >= 0.6 is 11.3 Å². The Morgan fingerprint density at radius 3 is 2.50 bits per heavy atom. The lowest BCUT2D eigenvalue weighted by atomic mass is 10.2. The van der Waals surface area contributed by atoms with E-state index >= 15 is 0 Å². The van der Waals surface area contributed by atoms with Crippen molar-refractivity contribution in [3.63, 3.8) is 0 Å². The smallest absolute Gasteiger partial charge is 0.351 e. The van der Waals surface area contributed by atoms with E-state index in [1.165, 1.54) is 25.3 Å². The van der Waals surface area contributed by atoms with Gasteiger partial charge in [-0.25, -0.2) is 14.6 Å². The highest BCUT2D eigenvalue weighted by Crippen LogP contribution is 2.28. The number of imide groups is 1. The van der Waals surface area contributed by atoms with E-state index in [9.17, 15) is 14.4 Å². The van der Waals surface area contributed by atoms with Crippen LogP contribution in [0.1, 0.15) is 22.3 Å². The first kappa shape index (κ1) is 17.6. The number of carbonyl (C=O) groups excluding carboxylic acids is 3. The number of ether oxygens (including phenoxy) is 1. The van der Waals surface area contributed by atoms with Gasteiger partial charge in [0.1, 0.15) is 9.88 Å². The number of nitrogens with one attached hydrogen (secondary N) is 2. The van der Waals surface area contributed by atoms with Gasteiger partial charge in [0.15, 0.2) is 6.10 Å². The highest BCUT2D eigenvalue weighted by molar-refractivity contribution is 7.17. The van der Waals surface area contributed by atoms with Crippen LogP contribution in [0.4, 0.5) is 4.79 Å². The van der Waals surface area contributed by atoms with Gasteiger partial charge in [-0.2, -0.15) is 0 Å². The summed E-state index contributed by atoms with van der Waals surface area (Å²) in [7, 11) is 1.38. The number of aromatic nitrogens is 1. The Balaban J connectivity index is 2.09. The lowest BCUT2D eigenvalue weighted by Gasteiger charge is -2.12. The molecule has 0 aliphatic rings. The van der Waals surface area contributed by atoms with Crippen molar-refractivity contribution in [2.24, 2.45) is 0 Å². The number of carbonyl (C=O) groups is 3. The van der Waals surface area contributed by atoms with Crippen LogP contribution in [-0.2, 0) is 9.53 Å². The van der Waals surface area contributed by atoms with Gasteiger partial charge in [-0.1, -0.05) is 30.3 Å². The van der Waals surface area contributed by atoms with Crippen molar-refractivity contribution in [1.29, 1.82) is 0 Å². The average molecular weight is 347 g/mol. The summed E-state index contributed by atoms with van der Waals surface area (Å²) in [6.45, 7) is 3.10. The van der Waals surface area contributed by atoms with Crippen molar-refractivity contribution in [2.45, 2.75) is 20.0 Å². The molecule has 1 atom stereocenters. The fraction of sp³-hybridized carbons (Fsp3) is 0.250. The zero-order chi connectivity index (χ0) is 17.7. The van der Waals surface area contributed by atoms with Gasteiger partial charge in [-0.05, 0) is 13.8 Å². The molecule has 24 heavy (non-hydrogen) atoms. The third kappa shape index (κ3) is 4.17. The van der Waals surface area contributed by atoms with Crippen LogP contribution in [0, 0.1) is 6.92 Å². The Morgan fingerprint density at radius 2 is 1.88 bits per heavy atom. The summed E-state index contributed by atoms with van der Waals surface area (Å²) in [6.07, 6.45) is -1.10. The van der Waals surface area contributed by atoms with E-state index in [0.717, 1.165) is 5.56 Å². The third-order valence-corrected chi connectivity index (χ3v) is 4.31. The lowest BCUT2D eigenvalue weighted by Crippen LogP contribution is -2.43. The zero-order valence-electron chi connectivity index (χ0n) is 13.5. The maximum Gasteiger partial charge on any atom is 0.351 e. The van der Waals surface area contributed by atoms with Gasteiger partial charge in [0.2, 0.25) is 0 Å². The van der Waals surface area contributed by atoms with E-state index in [1.54, 1.807) is 6.92 Å². The molecule has 0 unspecified atom stereocenters. The van der Waals surface area contributed by atoms with E-state index in [4.69, 9.17) is 4.74 Å². The van der Waals surface area contributed by atoms with E-state index in [1.807, 2.05) is 30.3 Å². The second-order valence-electron chi connectivity index (χ2n) is 4.92. The molecular formula is C16H17N3O4S. The summed E-state index contributed by atoms with van der Waals surface area (Å²) in [6, 6.07) is 8.79. The van der Waals surface area contributed by atoms with E-state index < -0.39 is 24.0 Å². The van der Waals surface area contributed by atoms with Crippen molar-refractivity contribution in [3.05, 3.63) is 40.9 Å². The molecule has 7 nitrogen and oxygen atoms in total. The molecule has 0 bridgehead atoms. The molecule has 0 radical (unpaired) electrons. The molecule has 1 heterocycles. The van der Waals surface area contributed by atoms with Gasteiger partial charge in [0, 0.05) is 12.6 Å². The standard InChI is InChI=1S/C16H17N3O4S/c1-9-12(24-14(18-9)11-7-5-4-6-8-11)15(21)23-10(2)13(20)19-16(22)17-3/h4-8,10H,1-3H3,(H2,17,19,20,22)/t10-/m0/s1. The minimum Gasteiger partial charge on any atom is -0.448 e. The van der Waals surface area contributed by atoms with Crippen LogP contribution in [0.3, 0.4) is 0 Å². The molecule has 0 saturated heterocycles. The number of hydrogen-bond donors (Lipinski definition) is 2. The zero-order valence-corrected chi connectivity index (χ0v) is 14.3.